The number of esters is 1. The quantitative estimate of drug-likeness (QED) is 0.855. The van der Waals surface area contributed by atoms with Crippen LogP contribution in [0.2, 0.25) is 0 Å². The predicted octanol–water partition coefficient (Wildman–Crippen LogP) is 2.23. The summed E-state index contributed by atoms with van der Waals surface area (Å²) >= 11 is 0. The van der Waals surface area contributed by atoms with E-state index in [1.807, 2.05) is 0 Å². The fourth-order valence-corrected chi connectivity index (χ4v) is 2.18. The van der Waals surface area contributed by atoms with Gasteiger partial charge in [0.05, 0.1) is 12.8 Å². The Kier molecular flexibility index (Phi) is 4.58. The van der Waals surface area contributed by atoms with Crippen LogP contribution in [0.25, 0.3) is 0 Å². The van der Waals surface area contributed by atoms with Crippen LogP contribution in [0.4, 0.5) is 0 Å². The normalized spacial score (nSPS) is 17.2. The first-order valence-corrected chi connectivity index (χ1v) is 7.09. The molecule has 7 nitrogen and oxygen atoms in total. The van der Waals surface area contributed by atoms with E-state index in [2.05, 4.69) is 5.16 Å². The minimum Gasteiger partial charge on any atom is -0.495 e. The summed E-state index contributed by atoms with van der Waals surface area (Å²) in [6, 6.07) is 4.70. The van der Waals surface area contributed by atoms with E-state index in [9.17, 15) is 14.7 Å². The number of aromatic carboxylic acids is 1. The monoisotopic (exact) mass is 321 g/mol. The van der Waals surface area contributed by atoms with E-state index in [0.29, 0.717) is 11.3 Å². The number of carboxylic acid groups (broad SMARTS) is 1. The molecule has 1 aliphatic rings. The van der Waals surface area contributed by atoms with E-state index >= 15 is 0 Å². The zero-order valence-electron chi connectivity index (χ0n) is 13.5. The van der Waals surface area contributed by atoms with Crippen LogP contribution in [0, 0.1) is 0 Å². The molecule has 0 fully saturated rings. The molecule has 0 bridgehead atoms. The fourth-order valence-electron chi connectivity index (χ4n) is 2.18. The van der Waals surface area contributed by atoms with Gasteiger partial charge in [-0.2, -0.15) is 0 Å². The van der Waals surface area contributed by atoms with Crippen LogP contribution in [-0.4, -0.2) is 41.6 Å². The summed E-state index contributed by atoms with van der Waals surface area (Å²) in [5.74, 6) is -1.43. The van der Waals surface area contributed by atoms with Crippen molar-refractivity contribution in [3.8, 4) is 5.75 Å². The highest BCUT2D eigenvalue weighted by molar-refractivity contribution is 6.08. The molecule has 0 saturated heterocycles. The molecule has 7 heteroatoms. The lowest BCUT2D eigenvalue weighted by molar-refractivity contribution is -0.166. The summed E-state index contributed by atoms with van der Waals surface area (Å²) in [6.07, 6.45) is -0.656. The van der Waals surface area contributed by atoms with Crippen molar-refractivity contribution < 1.29 is 29.0 Å². The van der Waals surface area contributed by atoms with Crippen molar-refractivity contribution in [1.29, 1.82) is 0 Å². The Morgan fingerprint density at radius 2 is 2.04 bits per heavy atom. The van der Waals surface area contributed by atoms with Gasteiger partial charge in [0.25, 0.3) is 0 Å². The number of carbonyl (C=O) groups excluding carboxylic acids is 1. The molecule has 1 unspecified atom stereocenters. The minimum atomic E-state index is -1.10. The zero-order chi connectivity index (χ0) is 17.2. The highest BCUT2D eigenvalue weighted by atomic mass is 16.7. The van der Waals surface area contributed by atoms with Gasteiger partial charge in [-0.15, -0.1) is 0 Å². The number of ether oxygens (including phenoxy) is 2. The third kappa shape index (κ3) is 3.80. The van der Waals surface area contributed by atoms with Crippen molar-refractivity contribution in [2.75, 3.05) is 7.11 Å². The van der Waals surface area contributed by atoms with E-state index < -0.39 is 23.6 Å². The second kappa shape index (κ2) is 6.28. The molecule has 0 aromatic heterocycles. The van der Waals surface area contributed by atoms with E-state index in [0.717, 1.165) is 0 Å². The van der Waals surface area contributed by atoms with Gasteiger partial charge in [-0.1, -0.05) is 11.2 Å². The van der Waals surface area contributed by atoms with Crippen molar-refractivity contribution in [3.05, 3.63) is 29.3 Å². The van der Waals surface area contributed by atoms with Gasteiger partial charge >= 0.3 is 11.9 Å². The van der Waals surface area contributed by atoms with Gasteiger partial charge in [0.2, 0.25) is 6.10 Å². The van der Waals surface area contributed by atoms with Gasteiger partial charge < -0.3 is 19.4 Å². The molecule has 0 amide bonds. The van der Waals surface area contributed by atoms with Gasteiger partial charge in [0, 0.05) is 12.0 Å². The lowest BCUT2D eigenvalue weighted by Gasteiger charge is -2.21. The molecule has 0 radical (unpaired) electrons. The summed E-state index contributed by atoms with van der Waals surface area (Å²) in [6.45, 7) is 5.29. The highest BCUT2D eigenvalue weighted by Gasteiger charge is 2.34. The number of hydrogen-bond acceptors (Lipinski definition) is 6. The average molecular weight is 321 g/mol. The SMILES string of the molecule is COc1c(C(=O)O)cccc1C1=NOC(C(=O)OC(C)(C)C)C1. The Morgan fingerprint density at radius 3 is 2.61 bits per heavy atom. The molecule has 1 N–H and O–H groups in total. The third-order valence-corrected chi connectivity index (χ3v) is 3.10. The first-order valence-electron chi connectivity index (χ1n) is 7.09. The fraction of sp³-hybridized carbons (Fsp3) is 0.438. The first kappa shape index (κ1) is 16.8. The Morgan fingerprint density at radius 1 is 1.35 bits per heavy atom. The third-order valence-electron chi connectivity index (χ3n) is 3.10. The maximum absolute atomic E-state index is 12.0. The Hall–Kier alpha value is -2.57. The maximum Gasteiger partial charge on any atom is 0.351 e. The van der Waals surface area contributed by atoms with Gasteiger partial charge in [-0.3, -0.25) is 0 Å². The molecule has 0 saturated carbocycles. The largest absolute Gasteiger partial charge is 0.495 e. The van der Waals surface area contributed by atoms with Crippen molar-refractivity contribution in [2.45, 2.75) is 38.9 Å². The number of carbonyl (C=O) groups is 2. The van der Waals surface area contributed by atoms with Crippen molar-refractivity contribution in [3.63, 3.8) is 0 Å². The summed E-state index contributed by atoms with van der Waals surface area (Å²) < 4.78 is 10.5. The van der Waals surface area contributed by atoms with Gasteiger partial charge in [-0.05, 0) is 32.9 Å². The molecule has 1 aromatic rings. The second-order valence-electron chi connectivity index (χ2n) is 6.06. The number of hydrogen-bond donors (Lipinski definition) is 1. The van der Waals surface area contributed by atoms with Crippen LogP contribution in [0.3, 0.4) is 0 Å². The lowest BCUT2D eigenvalue weighted by Crippen LogP contribution is -2.32. The zero-order valence-corrected chi connectivity index (χ0v) is 13.5. The molecule has 0 aliphatic carbocycles. The van der Waals surface area contributed by atoms with E-state index in [1.54, 1.807) is 32.9 Å². The van der Waals surface area contributed by atoms with E-state index in [4.69, 9.17) is 14.3 Å². The number of carboxylic acids is 1. The molecule has 1 heterocycles. The number of benzene rings is 1. The van der Waals surface area contributed by atoms with Crippen LogP contribution in [0.1, 0.15) is 43.1 Å². The van der Waals surface area contributed by atoms with Crippen molar-refractivity contribution >= 4 is 17.7 Å². The molecule has 23 heavy (non-hydrogen) atoms. The molecule has 0 spiro atoms. The molecular weight excluding hydrogens is 302 g/mol. The van der Waals surface area contributed by atoms with Gasteiger partial charge in [0.1, 0.15) is 16.9 Å². The van der Waals surface area contributed by atoms with E-state index in [1.165, 1.54) is 13.2 Å². The number of methoxy groups -OCH3 is 1. The maximum atomic E-state index is 12.0. The highest BCUT2D eigenvalue weighted by Crippen LogP contribution is 2.29. The first-order chi connectivity index (χ1) is 10.7. The van der Waals surface area contributed by atoms with Crippen molar-refractivity contribution in [2.24, 2.45) is 5.16 Å². The minimum absolute atomic E-state index is 0.0217. The Bertz CT molecular complexity index is 659. The average Bonchev–Trinajstić information content (AvgIpc) is 2.94. The molecule has 1 aromatic carbocycles. The second-order valence-corrected chi connectivity index (χ2v) is 6.06. The molecule has 124 valence electrons. The molecule has 1 atom stereocenters. The van der Waals surface area contributed by atoms with Crippen LogP contribution in [0.15, 0.2) is 23.4 Å². The number of oxime groups is 1. The van der Waals surface area contributed by atoms with Crippen LogP contribution in [0.5, 0.6) is 5.75 Å². The number of rotatable bonds is 4. The molecule has 2 rings (SSSR count). The number of nitrogens with zero attached hydrogens (tertiary/aromatic N) is 1. The topological polar surface area (TPSA) is 94.4 Å². The van der Waals surface area contributed by atoms with Crippen LogP contribution >= 0.6 is 0 Å². The summed E-state index contributed by atoms with van der Waals surface area (Å²) in [7, 11) is 1.38. The number of para-hydroxylation sites is 1. The lowest BCUT2D eigenvalue weighted by atomic mass is 10.0. The summed E-state index contributed by atoms with van der Waals surface area (Å²) in [5.41, 5.74) is 0.331. The summed E-state index contributed by atoms with van der Waals surface area (Å²) in [5, 5.41) is 13.1. The van der Waals surface area contributed by atoms with Crippen molar-refractivity contribution in [1.82, 2.24) is 0 Å². The van der Waals surface area contributed by atoms with E-state index in [-0.39, 0.29) is 17.7 Å². The molecular formula is C16H19NO6. The smallest absolute Gasteiger partial charge is 0.351 e. The molecule has 1 aliphatic heterocycles. The van der Waals surface area contributed by atoms with Gasteiger partial charge in [0.15, 0.2) is 0 Å². The van der Waals surface area contributed by atoms with Crippen LogP contribution < -0.4 is 4.74 Å². The summed E-state index contributed by atoms with van der Waals surface area (Å²) in [4.78, 5) is 28.4. The van der Waals surface area contributed by atoms with Crippen LogP contribution in [-0.2, 0) is 14.4 Å². The standard InChI is InChI=1S/C16H19NO6/c1-16(2,3)22-15(20)12-8-11(17-23-12)9-6-5-7-10(14(18)19)13(9)21-4/h5-7,12H,8H2,1-4H3,(H,18,19). The van der Waals surface area contributed by atoms with Gasteiger partial charge in [-0.25, -0.2) is 9.59 Å². The predicted molar refractivity (Wildman–Crippen MR) is 81.8 cm³/mol. The Balaban J connectivity index is 2.21. The Labute approximate surface area is 133 Å².